The number of amides is 1. The minimum absolute atomic E-state index is 0.208. The van der Waals surface area contributed by atoms with Crippen molar-refractivity contribution in [3.05, 3.63) is 54.4 Å². The van der Waals surface area contributed by atoms with E-state index in [1.807, 2.05) is 0 Å². The van der Waals surface area contributed by atoms with Crippen molar-refractivity contribution in [2.24, 2.45) is 0 Å². The molecule has 0 spiro atoms. The summed E-state index contributed by atoms with van der Waals surface area (Å²) in [6.07, 6.45) is 4.10. The Morgan fingerprint density at radius 3 is 3.07 bits per heavy atom. The van der Waals surface area contributed by atoms with Gasteiger partial charge in [-0.25, -0.2) is 13.9 Å². The smallest absolute Gasteiger partial charge is 0.414 e. The van der Waals surface area contributed by atoms with E-state index < -0.39 is 18.0 Å². The third kappa shape index (κ3) is 4.22. The van der Waals surface area contributed by atoms with Gasteiger partial charge in [0, 0.05) is 12.4 Å². The number of aromatic nitrogens is 5. The number of cyclic esters (lactones) is 1. The molecule has 1 N–H and O–H groups in total. The minimum Gasteiger partial charge on any atom is -0.474 e. The van der Waals surface area contributed by atoms with E-state index in [-0.39, 0.29) is 17.4 Å². The number of carbonyl (C=O) groups is 1. The Kier molecular flexibility index (Phi) is 5.57. The van der Waals surface area contributed by atoms with Crippen molar-refractivity contribution < 1.29 is 18.7 Å². The molecule has 156 valence electrons. The third-order valence-corrected chi connectivity index (χ3v) is 4.76. The van der Waals surface area contributed by atoms with Gasteiger partial charge in [-0.3, -0.25) is 9.58 Å². The second-order valence-electron chi connectivity index (χ2n) is 6.48. The number of methoxy groups -OCH3 is 1. The summed E-state index contributed by atoms with van der Waals surface area (Å²) in [6, 6.07) is 6.24. The highest BCUT2D eigenvalue weighted by molar-refractivity contribution is 7.80. The number of thiocarbonyl (C=S) groups is 1. The SMILES string of the molecule is COC(=S)NCC1CN(c2ccc(-n3cc(Cn4cccn4)nn3)c(F)c2)C(=O)O1. The van der Waals surface area contributed by atoms with Gasteiger partial charge in [-0.1, -0.05) is 5.21 Å². The molecule has 10 nitrogen and oxygen atoms in total. The highest BCUT2D eigenvalue weighted by Crippen LogP contribution is 2.25. The van der Waals surface area contributed by atoms with E-state index in [2.05, 4.69) is 20.7 Å². The van der Waals surface area contributed by atoms with Gasteiger partial charge >= 0.3 is 6.09 Å². The summed E-state index contributed by atoms with van der Waals surface area (Å²) in [5.74, 6) is -0.544. The number of halogens is 1. The maximum Gasteiger partial charge on any atom is 0.414 e. The molecule has 0 bridgehead atoms. The topological polar surface area (TPSA) is 99.3 Å². The monoisotopic (exact) mass is 431 g/mol. The van der Waals surface area contributed by atoms with Crippen LogP contribution in [0.15, 0.2) is 42.9 Å². The Hall–Kier alpha value is -3.54. The first kappa shape index (κ1) is 19.8. The summed E-state index contributed by atoms with van der Waals surface area (Å²) < 4.78 is 27.9. The van der Waals surface area contributed by atoms with Crippen molar-refractivity contribution in [3.8, 4) is 5.69 Å². The second kappa shape index (κ2) is 8.45. The predicted octanol–water partition coefficient (Wildman–Crippen LogP) is 1.50. The maximum absolute atomic E-state index is 14.8. The lowest BCUT2D eigenvalue weighted by molar-refractivity contribution is 0.142. The van der Waals surface area contributed by atoms with Crippen LogP contribution in [0, 0.1) is 5.82 Å². The molecule has 1 unspecified atom stereocenters. The van der Waals surface area contributed by atoms with E-state index in [4.69, 9.17) is 21.7 Å². The van der Waals surface area contributed by atoms with Crippen LogP contribution in [0.25, 0.3) is 5.69 Å². The zero-order valence-corrected chi connectivity index (χ0v) is 16.8. The molecule has 1 atom stereocenters. The molecule has 4 rings (SSSR count). The molecule has 30 heavy (non-hydrogen) atoms. The molecule has 0 aliphatic carbocycles. The Balaban J connectivity index is 1.45. The van der Waals surface area contributed by atoms with Gasteiger partial charge in [0.15, 0.2) is 5.82 Å². The van der Waals surface area contributed by atoms with Crippen molar-refractivity contribution in [2.75, 3.05) is 25.1 Å². The standard InChI is InChI=1S/C18H18FN7O3S/c1-28-17(30)20-8-14-11-25(18(27)29-14)13-3-4-16(15(19)7-13)26-10-12(22-23-26)9-24-6-2-5-21-24/h2-7,10,14H,8-9,11H2,1H3,(H,20,30). The average Bonchev–Trinajstić information content (AvgIpc) is 3.48. The molecule has 1 aliphatic rings. The van der Waals surface area contributed by atoms with Crippen LogP contribution in [0.1, 0.15) is 5.69 Å². The zero-order valence-electron chi connectivity index (χ0n) is 15.9. The Morgan fingerprint density at radius 2 is 2.33 bits per heavy atom. The molecule has 1 saturated heterocycles. The fraction of sp³-hybridized carbons (Fsp3) is 0.278. The summed E-state index contributed by atoms with van der Waals surface area (Å²) >= 11 is 4.90. The average molecular weight is 431 g/mol. The van der Waals surface area contributed by atoms with Gasteiger partial charge in [0.05, 0.1) is 38.6 Å². The van der Waals surface area contributed by atoms with Crippen LogP contribution in [0.4, 0.5) is 14.9 Å². The van der Waals surface area contributed by atoms with Gasteiger partial charge in [0.25, 0.3) is 5.17 Å². The molecule has 3 aromatic rings. The lowest BCUT2D eigenvalue weighted by atomic mass is 10.2. The highest BCUT2D eigenvalue weighted by Gasteiger charge is 2.32. The summed E-state index contributed by atoms with van der Waals surface area (Å²) in [5.41, 5.74) is 1.23. The van der Waals surface area contributed by atoms with Gasteiger partial charge in [0.1, 0.15) is 17.5 Å². The van der Waals surface area contributed by atoms with Crippen LogP contribution in [-0.4, -0.2) is 62.3 Å². The van der Waals surface area contributed by atoms with Crippen molar-refractivity contribution >= 4 is 29.2 Å². The van der Waals surface area contributed by atoms with Crippen molar-refractivity contribution in [3.63, 3.8) is 0 Å². The number of nitrogens with zero attached hydrogens (tertiary/aromatic N) is 6. The highest BCUT2D eigenvalue weighted by atomic mass is 32.1. The number of carbonyl (C=O) groups excluding carboxylic acids is 1. The summed E-state index contributed by atoms with van der Waals surface area (Å²) in [6.45, 7) is 0.982. The normalized spacial score (nSPS) is 15.9. The fourth-order valence-electron chi connectivity index (χ4n) is 3.01. The van der Waals surface area contributed by atoms with E-state index in [1.54, 1.807) is 35.4 Å². The molecule has 0 saturated carbocycles. The van der Waals surface area contributed by atoms with E-state index in [9.17, 15) is 9.18 Å². The molecule has 12 heteroatoms. The third-order valence-electron chi connectivity index (χ3n) is 4.45. The molecular weight excluding hydrogens is 413 g/mol. The van der Waals surface area contributed by atoms with Crippen LogP contribution in [0.5, 0.6) is 0 Å². The molecule has 3 heterocycles. The van der Waals surface area contributed by atoms with Crippen molar-refractivity contribution in [2.45, 2.75) is 12.6 Å². The molecule has 1 amide bonds. The number of hydrogen-bond acceptors (Lipinski definition) is 7. The van der Waals surface area contributed by atoms with Gasteiger partial charge < -0.3 is 14.8 Å². The lowest BCUT2D eigenvalue weighted by Crippen LogP contribution is -2.34. The molecule has 0 radical (unpaired) electrons. The van der Waals surface area contributed by atoms with E-state index in [0.717, 1.165) is 0 Å². The lowest BCUT2D eigenvalue weighted by Gasteiger charge is -2.14. The first-order valence-electron chi connectivity index (χ1n) is 9.02. The molecule has 1 fully saturated rings. The maximum atomic E-state index is 14.8. The molecular formula is C18H18FN7O3S. The molecule has 1 aromatic carbocycles. The van der Waals surface area contributed by atoms with Crippen LogP contribution >= 0.6 is 12.2 Å². The number of anilines is 1. The quantitative estimate of drug-likeness (QED) is 0.587. The van der Waals surface area contributed by atoms with Gasteiger partial charge in [-0.05, 0) is 36.5 Å². The number of ether oxygens (including phenoxy) is 2. The molecule has 1 aliphatic heterocycles. The largest absolute Gasteiger partial charge is 0.474 e. The number of rotatable bonds is 6. The molecule has 2 aromatic heterocycles. The number of hydrogen-bond donors (Lipinski definition) is 1. The Labute approximate surface area is 176 Å². The number of nitrogens with one attached hydrogen (secondary N) is 1. The summed E-state index contributed by atoms with van der Waals surface area (Å²) in [5, 5.41) is 15.2. The minimum atomic E-state index is -0.556. The predicted molar refractivity (Wildman–Crippen MR) is 108 cm³/mol. The van der Waals surface area contributed by atoms with E-state index in [0.29, 0.717) is 24.5 Å². The van der Waals surface area contributed by atoms with Crippen molar-refractivity contribution in [1.82, 2.24) is 30.1 Å². The zero-order chi connectivity index (χ0) is 21.1. The van der Waals surface area contributed by atoms with Crippen LogP contribution in [0.2, 0.25) is 0 Å². The number of benzene rings is 1. The van der Waals surface area contributed by atoms with Crippen molar-refractivity contribution in [1.29, 1.82) is 0 Å². The van der Waals surface area contributed by atoms with Gasteiger partial charge in [-0.2, -0.15) is 5.10 Å². The summed E-state index contributed by atoms with van der Waals surface area (Å²) in [4.78, 5) is 13.5. The Bertz CT molecular complexity index is 1060. The first-order valence-corrected chi connectivity index (χ1v) is 9.43. The fourth-order valence-corrected chi connectivity index (χ4v) is 3.09. The first-order chi connectivity index (χ1) is 14.5. The van der Waals surface area contributed by atoms with Gasteiger partial charge in [0.2, 0.25) is 0 Å². The van der Waals surface area contributed by atoms with Crippen LogP contribution in [-0.2, 0) is 16.0 Å². The Morgan fingerprint density at radius 1 is 1.47 bits per heavy atom. The summed E-state index contributed by atoms with van der Waals surface area (Å²) in [7, 11) is 1.45. The van der Waals surface area contributed by atoms with Crippen LogP contribution < -0.4 is 10.2 Å². The van der Waals surface area contributed by atoms with Gasteiger partial charge in [-0.15, -0.1) is 5.10 Å². The van der Waals surface area contributed by atoms with E-state index in [1.165, 1.54) is 28.8 Å². The van der Waals surface area contributed by atoms with Crippen LogP contribution in [0.3, 0.4) is 0 Å². The second-order valence-corrected chi connectivity index (χ2v) is 6.85. The van der Waals surface area contributed by atoms with E-state index >= 15 is 0 Å².